The Labute approximate surface area is 81.2 Å². The van der Waals surface area contributed by atoms with Gasteiger partial charge in [-0.05, 0) is 25.3 Å². The van der Waals surface area contributed by atoms with Crippen LogP contribution in [0.5, 0.6) is 0 Å². The van der Waals surface area contributed by atoms with Crippen LogP contribution in [0, 0.1) is 5.41 Å². The molecule has 0 aliphatic rings. The third-order valence-electron chi connectivity index (χ3n) is 2.12. The Morgan fingerprint density at radius 1 is 1.00 bits per heavy atom. The van der Waals surface area contributed by atoms with E-state index < -0.39 is 5.54 Å². The first-order valence-corrected chi connectivity index (χ1v) is 4.80. The van der Waals surface area contributed by atoms with Crippen LogP contribution in [0.1, 0.15) is 34.1 Å². The van der Waals surface area contributed by atoms with Crippen LogP contribution in [0.15, 0.2) is 0 Å². The summed E-state index contributed by atoms with van der Waals surface area (Å²) in [5.41, 5.74) is -0.246. The lowest BCUT2D eigenvalue weighted by Crippen LogP contribution is -2.49. The molecule has 13 heavy (non-hydrogen) atoms. The standard InChI is InChI=1S/C10H23NO2/c1-9(2,3)5-6-11-10(4,7-12)8-13/h11-13H,5-8H2,1-4H3. The molecule has 3 N–H and O–H groups in total. The number of aliphatic hydroxyl groups excluding tert-OH is 2. The maximum Gasteiger partial charge on any atom is 0.0633 e. The first-order chi connectivity index (χ1) is 5.83. The second kappa shape index (κ2) is 4.94. The number of nitrogens with one attached hydrogen (secondary N) is 1. The molecule has 0 aliphatic carbocycles. The van der Waals surface area contributed by atoms with Crippen LogP contribution in [0.4, 0.5) is 0 Å². The largest absolute Gasteiger partial charge is 0.394 e. The Bertz CT molecular complexity index is 136. The summed E-state index contributed by atoms with van der Waals surface area (Å²) in [7, 11) is 0. The van der Waals surface area contributed by atoms with Crippen molar-refractivity contribution in [2.45, 2.75) is 39.7 Å². The molecule has 0 aromatic heterocycles. The summed E-state index contributed by atoms with van der Waals surface area (Å²) in [6, 6.07) is 0. The number of hydrogen-bond donors (Lipinski definition) is 3. The molecule has 0 fully saturated rings. The van der Waals surface area contributed by atoms with E-state index >= 15 is 0 Å². The highest BCUT2D eigenvalue weighted by atomic mass is 16.3. The molecule has 0 aromatic carbocycles. The van der Waals surface area contributed by atoms with E-state index in [1.807, 2.05) is 6.92 Å². The molecule has 80 valence electrons. The van der Waals surface area contributed by atoms with Gasteiger partial charge >= 0.3 is 0 Å². The smallest absolute Gasteiger partial charge is 0.0633 e. The maximum absolute atomic E-state index is 8.99. The zero-order chi connectivity index (χ0) is 10.5. The summed E-state index contributed by atoms with van der Waals surface area (Å²) < 4.78 is 0. The van der Waals surface area contributed by atoms with Crippen LogP contribution in [0.2, 0.25) is 0 Å². The summed E-state index contributed by atoms with van der Waals surface area (Å²) >= 11 is 0. The predicted octanol–water partition coefficient (Wildman–Crippen LogP) is 0.755. The summed E-state index contributed by atoms with van der Waals surface area (Å²) in [6.07, 6.45) is 1.03. The topological polar surface area (TPSA) is 52.5 Å². The third-order valence-corrected chi connectivity index (χ3v) is 2.12. The normalized spacial score (nSPS) is 13.4. The Hall–Kier alpha value is -0.120. The minimum absolute atomic E-state index is 0.0341. The zero-order valence-corrected chi connectivity index (χ0v) is 9.22. The molecule has 3 nitrogen and oxygen atoms in total. The molecule has 0 atom stereocenters. The van der Waals surface area contributed by atoms with Crippen molar-refractivity contribution >= 4 is 0 Å². The second-order valence-electron chi connectivity index (χ2n) is 5.11. The monoisotopic (exact) mass is 189 g/mol. The van der Waals surface area contributed by atoms with Gasteiger partial charge < -0.3 is 15.5 Å². The minimum Gasteiger partial charge on any atom is -0.394 e. The molecule has 0 aromatic rings. The minimum atomic E-state index is -0.536. The molecule has 0 rings (SSSR count). The Morgan fingerprint density at radius 2 is 1.46 bits per heavy atom. The van der Waals surface area contributed by atoms with Crippen molar-refractivity contribution in [3.05, 3.63) is 0 Å². The van der Waals surface area contributed by atoms with Crippen molar-refractivity contribution in [1.29, 1.82) is 0 Å². The summed E-state index contributed by atoms with van der Waals surface area (Å²) in [5.74, 6) is 0. The van der Waals surface area contributed by atoms with Crippen molar-refractivity contribution in [2.24, 2.45) is 5.41 Å². The van der Waals surface area contributed by atoms with Crippen LogP contribution in [0.25, 0.3) is 0 Å². The van der Waals surface area contributed by atoms with E-state index in [0.29, 0.717) is 5.41 Å². The van der Waals surface area contributed by atoms with Gasteiger partial charge in [0.25, 0.3) is 0 Å². The highest BCUT2D eigenvalue weighted by molar-refractivity contribution is 4.81. The van der Waals surface area contributed by atoms with Gasteiger partial charge in [-0.25, -0.2) is 0 Å². The van der Waals surface area contributed by atoms with E-state index in [0.717, 1.165) is 13.0 Å². The van der Waals surface area contributed by atoms with Gasteiger partial charge in [-0.15, -0.1) is 0 Å². The fourth-order valence-corrected chi connectivity index (χ4v) is 0.901. The molecular weight excluding hydrogens is 166 g/mol. The Kier molecular flexibility index (Phi) is 4.89. The molecule has 0 spiro atoms. The van der Waals surface area contributed by atoms with E-state index in [2.05, 4.69) is 26.1 Å². The fourth-order valence-electron chi connectivity index (χ4n) is 0.901. The van der Waals surface area contributed by atoms with Crippen molar-refractivity contribution in [1.82, 2.24) is 5.32 Å². The van der Waals surface area contributed by atoms with Crippen molar-refractivity contribution < 1.29 is 10.2 Å². The van der Waals surface area contributed by atoms with E-state index in [1.54, 1.807) is 0 Å². The first-order valence-electron chi connectivity index (χ1n) is 4.80. The predicted molar refractivity (Wildman–Crippen MR) is 54.7 cm³/mol. The SMILES string of the molecule is CC(C)(C)CCNC(C)(CO)CO. The van der Waals surface area contributed by atoms with Gasteiger partial charge in [-0.3, -0.25) is 0 Å². The zero-order valence-electron chi connectivity index (χ0n) is 9.22. The summed E-state index contributed by atoms with van der Waals surface area (Å²) in [4.78, 5) is 0. The maximum atomic E-state index is 8.99. The van der Waals surface area contributed by atoms with Crippen LogP contribution in [0.3, 0.4) is 0 Å². The van der Waals surface area contributed by atoms with Crippen molar-refractivity contribution in [2.75, 3.05) is 19.8 Å². The molecule has 0 amide bonds. The molecule has 0 unspecified atom stereocenters. The molecule has 0 bridgehead atoms. The molecule has 0 saturated heterocycles. The molecule has 0 saturated carbocycles. The van der Waals surface area contributed by atoms with Gasteiger partial charge in [0.15, 0.2) is 0 Å². The number of hydrogen-bond acceptors (Lipinski definition) is 3. The molecule has 0 aliphatic heterocycles. The second-order valence-corrected chi connectivity index (χ2v) is 5.11. The van der Waals surface area contributed by atoms with Crippen LogP contribution < -0.4 is 5.32 Å². The summed E-state index contributed by atoms with van der Waals surface area (Å²) in [5, 5.41) is 21.1. The van der Waals surface area contributed by atoms with Crippen LogP contribution >= 0.6 is 0 Å². The Morgan fingerprint density at radius 3 is 1.77 bits per heavy atom. The fraction of sp³-hybridized carbons (Fsp3) is 1.00. The van der Waals surface area contributed by atoms with E-state index in [4.69, 9.17) is 10.2 Å². The number of rotatable bonds is 5. The number of aliphatic hydroxyl groups is 2. The average Bonchev–Trinajstić information content (AvgIpc) is 2.02. The van der Waals surface area contributed by atoms with Crippen molar-refractivity contribution in [3.63, 3.8) is 0 Å². The van der Waals surface area contributed by atoms with E-state index in [9.17, 15) is 0 Å². The third kappa shape index (κ3) is 6.02. The van der Waals surface area contributed by atoms with Crippen molar-refractivity contribution in [3.8, 4) is 0 Å². The lowest BCUT2D eigenvalue weighted by atomic mass is 9.92. The molecule has 0 heterocycles. The first kappa shape index (κ1) is 12.9. The lowest BCUT2D eigenvalue weighted by molar-refractivity contribution is 0.102. The van der Waals surface area contributed by atoms with Crippen LogP contribution in [-0.2, 0) is 0 Å². The van der Waals surface area contributed by atoms with Gasteiger partial charge in [-0.1, -0.05) is 20.8 Å². The van der Waals surface area contributed by atoms with Gasteiger partial charge in [0, 0.05) is 0 Å². The summed E-state index contributed by atoms with van der Waals surface area (Å²) in [6.45, 7) is 9.08. The van der Waals surface area contributed by atoms with E-state index in [1.165, 1.54) is 0 Å². The van der Waals surface area contributed by atoms with Gasteiger partial charge in [-0.2, -0.15) is 0 Å². The highest BCUT2D eigenvalue weighted by Gasteiger charge is 2.21. The van der Waals surface area contributed by atoms with Crippen LogP contribution in [-0.4, -0.2) is 35.5 Å². The molecule has 0 radical (unpaired) electrons. The molecule has 3 heteroatoms. The van der Waals surface area contributed by atoms with Gasteiger partial charge in [0.2, 0.25) is 0 Å². The highest BCUT2D eigenvalue weighted by Crippen LogP contribution is 2.17. The van der Waals surface area contributed by atoms with E-state index in [-0.39, 0.29) is 13.2 Å². The average molecular weight is 189 g/mol. The molecular formula is C10H23NO2. The Balaban J connectivity index is 3.74. The van der Waals surface area contributed by atoms with Gasteiger partial charge in [0.1, 0.15) is 0 Å². The van der Waals surface area contributed by atoms with Gasteiger partial charge in [0.05, 0.1) is 18.8 Å². The quantitative estimate of drug-likeness (QED) is 0.598. The lowest BCUT2D eigenvalue weighted by Gasteiger charge is -2.28.